The SMILES string of the molecule is COc1cc(C(Nc2ccccn2)c2cc(Cl)c3cccnc3c2O)c(Br)cc1OC(C)=O. The van der Waals surface area contributed by atoms with Gasteiger partial charge in [0, 0.05) is 34.7 Å². The molecule has 2 aromatic heterocycles. The molecule has 7 nitrogen and oxygen atoms in total. The van der Waals surface area contributed by atoms with E-state index < -0.39 is 12.0 Å². The molecule has 0 saturated heterocycles. The molecule has 2 N–H and O–H groups in total. The van der Waals surface area contributed by atoms with Crippen molar-refractivity contribution in [2.45, 2.75) is 13.0 Å². The number of nitrogens with zero attached hydrogens (tertiary/aromatic N) is 2. The van der Waals surface area contributed by atoms with Crippen molar-refractivity contribution in [2.24, 2.45) is 0 Å². The van der Waals surface area contributed by atoms with Crippen LogP contribution in [0.25, 0.3) is 10.9 Å². The molecule has 0 aliphatic rings. The van der Waals surface area contributed by atoms with E-state index in [1.165, 1.54) is 14.0 Å². The lowest BCUT2D eigenvalue weighted by molar-refractivity contribution is -0.132. The van der Waals surface area contributed by atoms with Crippen molar-refractivity contribution in [2.75, 3.05) is 12.4 Å². The lowest BCUT2D eigenvalue weighted by Crippen LogP contribution is -2.15. The number of phenolic OH excluding ortho intramolecular Hbond substituents is 1. The third-order valence-electron chi connectivity index (χ3n) is 4.96. The number of esters is 1. The first kappa shape index (κ1) is 22.8. The van der Waals surface area contributed by atoms with Crippen LogP contribution < -0.4 is 14.8 Å². The summed E-state index contributed by atoms with van der Waals surface area (Å²) in [7, 11) is 1.48. The third-order valence-corrected chi connectivity index (χ3v) is 5.96. The number of aromatic nitrogens is 2. The van der Waals surface area contributed by atoms with Gasteiger partial charge in [-0.2, -0.15) is 0 Å². The van der Waals surface area contributed by atoms with Gasteiger partial charge in [-0.1, -0.05) is 33.6 Å². The Balaban J connectivity index is 1.93. The van der Waals surface area contributed by atoms with Gasteiger partial charge in [-0.25, -0.2) is 4.98 Å². The van der Waals surface area contributed by atoms with Crippen LogP contribution in [0.2, 0.25) is 5.02 Å². The lowest BCUT2D eigenvalue weighted by Gasteiger charge is -2.24. The second kappa shape index (κ2) is 9.64. The summed E-state index contributed by atoms with van der Waals surface area (Å²) in [5.74, 6) is 0.703. The van der Waals surface area contributed by atoms with Crippen LogP contribution >= 0.6 is 27.5 Å². The number of phenols is 1. The van der Waals surface area contributed by atoms with Gasteiger partial charge in [-0.3, -0.25) is 9.78 Å². The Bertz CT molecular complexity index is 1330. The number of rotatable bonds is 6. The molecular formula is C24H19BrClN3O4. The molecule has 4 rings (SSSR count). The Morgan fingerprint density at radius 1 is 1.09 bits per heavy atom. The summed E-state index contributed by atoms with van der Waals surface area (Å²) in [6.45, 7) is 1.31. The molecule has 0 spiro atoms. The molecule has 0 radical (unpaired) electrons. The normalized spacial score (nSPS) is 11.8. The van der Waals surface area contributed by atoms with Gasteiger partial charge < -0.3 is 19.9 Å². The van der Waals surface area contributed by atoms with E-state index >= 15 is 0 Å². The van der Waals surface area contributed by atoms with Crippen molar-refractivity contribution < 1.29 is 19.4 Å². The number of hydrogen-bond acceptors (Lipinski definition) is 7. The number of anilines is 1. The van der Waals surface area contributed by atoms with E-state index in [1.807, 2.05) is 12.1 Å². The van der Waals surface area contributed by atoms with Gasteiger partial charge in [0.1, 0.15) is 17.1 Å². The zero-order chi connectivity index (χ0) is 23.5. The molecule has 0 saturated carbocycles. The maximum absolute atomic E-state index is 11.5. The van der Waals surface area contributed by atoms with Crippen LogP contribution in [0.4, 0.5) is 5.82 Å². The summed E-state index contributed by atoms with van der Waals surface area (Å²) in [5, 5.41) is 15.6. The van der Waals surface area contributed by atoms with Crippen molar-refractivity contribution >= 4 is 50.2 Å². The maximum atomic E-state index is 11.5. The Morgan fingerprint density at radius 2 is 1.88 bits per heavy atom. The third kappa shape index (κ3) is 4.72. The summed E-state index contributed by atoms with van der Waals surface area (Å²) < 4.78 is 11.3. The van der Waals surface area contributed by atoms with Crippen LogP contribution in [0.1, 0.15) is 24.1 Å². The van der Waals surface area contributed by atoms with E-state index in [0.717, 1.165) is 0 Å². The van der Waals surface area contributed by atoms with Gasteiger partial charge in [-0.05, 0) is 48.0 Å². The van der Waals surface area contributed by atoms with Crippen molar-refractivity contribution in [3.63, 3.8) is 0 Å². The zero-order valence-electron chi connectivity index (χ0n) is 17.7. The summed E-state index contributed by atoms with van der Waals surface area (Å²) in [5.41, 5.74) is 1.56. The standard InChI is InChI=1S/C24H19BrClN3O4/c1-13(30)33-20-12-17(25)15(11-19(20)32-2)22(29-21-7-3-4-8-27-21)16-10-18(26)14-6-5-9-28-23(14)24(16)31/h3-12,22,31H,1-2H3,(H,27,29). The van der Waals surface area contributed by atoms with Crippen LogP contribution in [0, 0.1) is 0 Å². The highest BCUT2D eigenvalue weighted by Crippen LogP contribution is 2.44. The van der Waals surface area contributed by atoms with E-state index in [9.17, 15) is 9.90 Å². The first-order chi connectivity index (χ1) is 15.9. The number of benzene rings is 2. The molecule has 4 aromatic rings. The zero-order valence-corrected chi connectivity index (χ0v) is 20.0. The number of pyridine rings is 2. The molecule has 1 unspecified atom stereocenters. The predicted octanol–water partition coefficient (Wildman–Crippen LogP) is 5.89. The highest BCUT2D eigenvalue weighted by molar-refractivity contribution is 9.10. The molecule has 2 heterocycles. The van der Waals surface area contributed by atoms with Crippen LogP contribution in [-0.4, -0.2) is 28.2 Å². The highest BCUT2D eigenvalue weighted by Gasteiger charge is 2.26. The number of carbonyl (C=O) groups is 1. The van der Waals surface area contributed by atoms with E-state index in [1.54, 1.807) is 48.8 Å². The number of aromatic hydroxyl groups is 1. The maximum Gasteiger partial charge on any atom is 0.308 e. The first-order valence-electron chi connectivity index (χ1n) is 9.88. The molecule has 0 aliphatic heterocycles. The number of methoxy groups -OCH3 is 1. The van der Waals surface area contributed by atoms with Gasteiger partial charge in [0.15, 0.2) is 11.5 Å². The van der Waals surface area contributed by atoms with Crippen LogP contribution in [0.5, 0.6) is 17.2 Å². The highest BCUT2D eigenvalue weighted by atomic mass is 79.9. The van der Waals surface area contributed by atoms with Crippen LogP contribution in [0.15, 0.2) is 65.4 Å². The molecule has 0 amide bonds. The summed E-state index contributed by atoms with van der Waals surface area (Å²) in [4.78, 5) is 20.2. The molecule has 1 atom stereocenters. The first-order valence-corrected chi connectivity index (χ1v) is 11.1. The summed E-state index contributed by atoms with van der Waals surface area (Å²) >= 11 is 10.1. The summed E-state index contributed by atoms with van der Waals surface area (Å²) in [6, 6.07) is 13.5. The number of hydrogen-bond donors (Lipinski definition) is 2. The monoisotopic (exact) mass is 527 g/mol. The van der Waals surface area contributed by atoms with E-state index in [0.29, 0.717) is 43.1 Å². The van der Waals surface area contributed by atoms with Crippen molar-refractivity contribution in [1.82, 2.24) is 9.97 Å². The van der Waals surface area contributed by atoms with Gasteiger partial charge in [-0.15, -0.1) is 0 Å². The molecule has 168 valence electrons. The number of halogens is 2. The minimum atomic E-state index is -0.613. The van der Waals surface area contributed by atoms with Gasteiger partial charge in [0.05, 0.1) is 18.2 Å². The number of ether oxygens (including phenoxy) is 2. The minimum absolute atomic E-state index is 0.0154. The molecule has 9 heteroatoms. The Hall–Kier alpha value is -3.36. The molecule has 0 bridgehead atoms. The second-order valence-electron chi connectivity index (χ2n) is 7.11. The van der Waals surface area contributed by atoms with Crippen LogP contribution in [0.3, 0.4) is 0 Å². The number of carbonyl (C=O) groups excluding carboxylic acids is 1. The largest absolute Gasteiger partial charge is 0.505 e. The Morgan fingerprint density at radius 3 is 2.58 bits per heavy atom. The molecular weight excluding hydrogens is 510 g/mol. The van der Waals surface area contributed by atoms with E-state index in [-0.39, 0.29) is 11.5 Å². The van der Waals surface area contributed by atoms with Crippen molar-refractivity contribution in [3.8, 4) is 17.2 Å². The lowest BCUT2D eigenvalue weighted by atomic mass is 9.95. The second-order valence-corrected chi connectivity index (χ2v) is 8.37. The molecule has 0 fully saturated rings. The van der Waals surface area contributed by atoms with Crippen LogP contribution in [-0.2, 0) is 4.79 Å². The minimum Gasteiger partial charge on any atom is -0.505 e. The van der Waals surface area contributed by atoms with E-state index in [2.05, 4.69) is 31.2 Å². The molecule has 0 aliphatic carbocycles. The number of nitrogens with one attached hydrogen (secondary N) is 1. The smallest absolute Gasteiger partial charge is 0.308 e. The van der Waals surface area contributed by atoms with Gasteiger partial charge >= 0.3 is 5.97 Å². The van der Waals surface area contributed by atoms with E-state index in [4.69, 9.17) is 21.1 Å². The number of fused-ring (bicyclic) bond motifs is 1. The van der Waals surface area contributed by atoms with Gasteiger partial charge in [0.2, 0.25) is 0 Å². The van der Waals surface area contributed by atoms with Crippen molar-refractivity contribution in [3.05, 3.63) is 81.5 Å². The Kier molecular flexibility index (Phi) is 6.67. The van der Waals surface area contributed by atoms with Crippen molar-refractivity contribution in [1.29, 1.82) is 0 Å². The topological polar surface area (TPSA) is 93.6 Å². The fourth-order valence-corrected chi connectivity index (χ4v) is 4.33. The fourth-order valence-electron chi connectivity index (χ4n) is 3.51. The van der Waals surface area contributed by atoms with Gasteiger partial charge in [0.25, 0.3) is 0 Å². The quantitative estimate of drug-likeness (QED) is 0.238. The average molecular weight is 529 g/mol. The summed E-state index contributed by atoms with van der Waals surface area (Å²) in [6.07, 6.45) is 3.25. The Labute approximate surface area is 203 Å². The molecule has 2 aromatic carbocycles. The molecule has 33 heavy (non-hydrogen) atoms. The average Bonchev–Trinajstić information content (AvgIpc) is 2.81. The predicted molar refractivity (Wildman–Crippen MR) is 130 cm³/mol. The fraction of sp³-hybridized carbons (Fsp3) is 0.125.